The van der Waals surface area contributed by atoms with Crippen LogP contribution in [0.25, 0.3) is 0 Å². The van der Waals surface area contributed by atoms with E-state index >= 15 is 0 Å². The molecule has 1 unspecified atom stereocenters. The van der Waals surface area contributed by atoms with Crippen molar-refractivity contribution in [2.24, 2.45) is 0 Å². The molecule has 1 N–H and O–H groups in total. The average molecular weight is 270 g/mol. The molecule has 0 saturated carbocycles. The Hall–Kier alpha value is -0.810. The molecule has 2 fully saturated rings. The zero-order valence-electron chi connectivity index (χ0n) is 12.9. The highest BCUT2D eigenvalue weighted by Crippen LogP contribution is 2.48. The number of rotatable bonds is 2. The number of nitrogens with zero attached hydrogens (tertiary/aromatic N) is 1. The summed E-state index contributed by atoms with van der Waals surface area (Å²) in [4.78, 5) is 13.9. The molecular weight excluding hydrogens is 244 g/mol. The quantitative estimate of drug-likeness (QED) is 0.781. The molecule has 0 aromatic heterocycles. The van der Waals surface area contributed by atoms with E-state index in [-0.39, 0.29) is 29.0 Å². The van der Waals surface area contributed by atoms with E-state index in [1.54, 1.807) is 7.05 Å². The number of hydrogen-bond donors (Lipinski definition) is 1. The van der Waals surface area contributed by atoms with Crippen LogP contribution in [-0.2, 0) is 9.47 Å². The summed E-state index contributed by atoms with van der Waals surface area (Å²) in [6.45, 7) is 11.7. The fourth-order valence-electron chi connectivity index (χ4n) is 4.00. The number of alkyl carbamates (subject to hydrolysis) is 1. The first kappa shape index (κ1) is 14.6. The van der Waals surface area contributed by atoms with Crippen molar-refractivity contribution in [3.05, 3.63) is 0 Å². The van der Waals surface area contributed by atoms with Gasteiger partial charge >= 0.3 is 6.09 Å². The highest BCUT2D eigenvalue weighted by atomic mass is 16.6. The first-order chi connectivity index (χ1) is 8.61. The molecule has 0 aromatic carbocycles. The third kappa shape index (κ3) is 2.72. The Morgan fingerprint density at radius 1 is 1.21 bits per heavy atom. The molecule has 5 nitrogen and oxygen atoms in total. The van der Waals surface area contributed by atoms with Gasteiger partial charge in [0, 0.05) is 31.0 Å². The Morgan fingerprint density at radius 2 is 1.68 bits per heavy atom. The van der Waals surface area contributed by atoms with Gasteiger partial charge in [0.2, 0.25) is 0 Å². The fourth-order valence-corrected chi connectivity index (χ4v) is 4.00. The number of carbonyl (C=O) groups is 1. The smallest absolute Gasteiger partial charge is 0.407 e. The molecule has 5 heteroatoms. The Bertz CT molecular complexity index is 357. The second-order valence-corrected chi connectivity index (χ2v) is 7.11. The topological polar surface area (TPSA) is 54.1 Å². The van der Waals surface area contributed by atoms with E-state index in [1.807, 2.05) is 0 Å². The van der Waals surface area contributed by atoms with Gasteiger partial charge < -0.3 is 14.8 Å². The van der Waals surface area contributed by atoms with Gasteiger partial charge in [-0.3, -0.25) is 4.90 Å². The highest BCUT2D eigenvalue weighted by Gasteiger charge is 2.59. The van der Waals surface area contributed by atoms with Gasteiger partial charge in [-0.25, -0.2) is 4.79 Å². The predicted molar refractivity (Wildman–Crippen MR) is 72.9 cm³/mol. The Kier molecular flexibility index (Phi) is 3.34. The molecule has 0 aliphatic carbocycles. The minimum atomic E-state index is -0.348. The van der Waals surface area contributed by atoms with Crippen LogP contribution in [0.15, 0.2) is 0 Å². The lowest BCUT2D eigenvalue weighted by molar-refractivity contribution is -0.134. The van der Waals surface area contributed by atoms with Crippen molar-refractivity contribution in [2.75, 3.05) is 13.7 Å². The van der Waals surface area contributed by atoms with Gasteiger partial charge in [-0.2, -0.15) is 0 Å². The van der Waals surface area contributed by atoms with Gasteiger partial charge in [0.1, 0.15) is 11.8 Å². The van der Waals surface area contributed by atoms with E-state index < -0.39 is 0 Å². The lowest BCUT2D eigenvalue weighted by atomic mass is 9.77. The lowest BCUT2D eigenvalue weighted by Gasteiger charge is -2.56. The number of nitrogens with one attached hydrogen (secondary N) is 1. The first-order valence-electron chi connectivity index (χ1n) is 6.93. The molecule has 1 atom stereocenters. The molecule has 2 heterocycles. The van der Waals surface area contributed by atoms with E-state index in [4.69, 9.17) is 9.47 Å². The van der Waals surface area contributed by atoms with Crippen molar-refractivity contribution in [3.8, 4) is 0 Å². The molecule has 0 radical (unpaired) electrons. The monoisotopic (exact) mass is 270 g/mol. The molecule has 2 aliphatic rings. The maximum absolute atomic E-state index is 11.4. The largest absolute Gasteiger partial charge is 0.446 e. The minimum Gasteiger partial charge on any atom is -0.446 e. The van der Waals surface area contributed by atoms with E-state index in [1.165, 1.54) is 0 Å². The van der Waals surface area contributed by atoms with Crippen molar-refractivity contribution < 1.29 is 14.3 Å². The maximum Gasteiger partial charge on any atom is 0.407 e. The number of hydrogen-bond acceptors (Lipinski definition) is 4. The van der Waals surface area contributed by atoms with Crippen LogP contribution in [0.3, 0.4) is 0 Å². The molecule has 110 valence electrons. The number of likely N-dealkylation sites (tertiary alicyclic amines) is 1. The molecule has 1 amide bonds. The van der Waals surface area contributed by atoms with Crippen LogP contribution in [-0.4, -0.2) is 47.6 Å². The number of carbonyl (C=O) groups excluding carboxylic acids is 1. The zero-order valence-corrected chi connectivity index (χ0v) is 12.9. The van der Waals surface area contributed by atoms with Crippen LogP contribution in [0, 0.1) is 0 Å². The van der Waals surface area contributed by atoms with Crippen LogP contribution < -0.4 is 5.32 Å². The second-order valence-electron chi connectivity index (χ2n) is 7.11. The third-order valence-corrected chi connectivity index (χ3v) is 4.18. The zero-order chi connectivity index (χ0) is 14.5. The summed E-state index contributed by atoms with van der Waals surface area (Å²) >= 11 is 0. The molecule has 0 spiro atoms. The summed E-state index contributed by atoms with van der Waals surface area (Å²) in [6.07, 6.45) is 1.24. The first-order valence-corrected chi connectivity index (χ1v) is 6.93. The van der Waals surface area contributed by atoms with E-state index in [2.05, 4.69) is 44.8 Å². The third-order valence-electron chi connectivity index (χ3n) is 4.18. The van der Waals surface area contributed by atoms with E-state index in [9.17, 15) is 4.79 Å². The summed E-state index contributed by atoms with van der Waals surface area (Å²) in [6, 6.07) is 0. The van der Waals surface area contributed by atoms with Crippen LogP contribution in [0.4, 0.5) is 4.79 Å². The summed E-state index contributed by atoms with van der Waals surface area (Å²) in [5, 5.41) is 2.52. The van der Waals surface area contributed by atoms with Crippen molar-refractivity contribution in [1.29, 1.82) is 0 Å². The van der Waals surface area contributed by atoms with Crippen molar-refractivity contribution in [1.82, 2.24) is 10.2 Å². The highest BCUT2D eigenvalue weighted by molar-refractivity contribution is 5.66. The maximum atomic E-state index is 11.4. The van der Waals surface area contributed by atoms with Gasteiger partial charge in [0.15, 0.2) is 0 Å². The van der Waals surface area contributed by atoms with Crippen molar-refractivity contribution in [3.63, 3.8) is 0 Å². The molecule has 19 heavy (non-hydrogen) atoms. The minimum absolute atomic E-state index is 0.0523. The molecule has 2 aliphatic heterocycles. The molecular formula is C14H26N2O3. The SMILES string of the molecule is CNC(=O)OC1CC(C)(C)N(C2(C)CO2)C(C)(C)C1. The van der Waals surface area contributed by atoms with Crippen molar-refractivity contribution >= 4 is 6.09 Å². The van der Waals surface area contributed by atoms with Gasteiger partial charge in [-0.1, -0.05) is 0 Å². The van der Waals surface area contributed by atoms with Crippen LogP contribution in [0.5, 0.6) is 0 Å². The lowest BCUT2D eigenvalue weighted by Crippen LogP contribution is -2.66. The summed E-state index contributed by atoms with van der Waals surface area (Å²) < 4.78 is 11.1. The molecule has 0 bridgehead atoms. The number of piperidine rings is 1. The summed E-state index contributed by atoms with van der Waals surface area (Å²) in [5.74, 6) is 0. The number of epoxide rings is 1. The fraction of sp³-hybridized carbons (Fsp3) is 0.929. The molecule has 2 saturated heterocycles. The van der Waals surface area contributed by atoms with Gasteiger partial charge in [0.05, 0.1) is 6.61 Å². The van der Waals surface area contributed by atoms with Crippen LogP contribution >= 0.6 is 0 Å². The van der Waals surface area contributed by atoms with Crippen molar-refractivity contribution in [2.45, 2.75) is 70.4 Å². The van der Waals surface area contributed by atoms with Crippen LogP contribution in [0.1, 0.15) is 47.5 Å². The van der Waals surface area contributed by atoms with Gasteiger partial charge in [0.25, 0.3) is 0 Å². The average Bonchev–Trinajstić information content (AvgIpc) is 2.91. The predicted octanol–water partition coefficient (Wildman–Crippen LogP) is 2.11. The number of amides is 1. The van der Waals surface area contributed by atoms with Gasteiger partial charge in [-0.15, -0.1) is 0 Å². The van der Waals surface area contributed by atoms with E-state index in [0.717, 1.165) is 19.4 Å². The summed E-state index contributed by atoms with van der Waals surface area (Å²) in [7, 11) is 1.59. The molecule has 0 aromatic rings. The second kappa shape index (κ2) is 4.35. The number of ether oxygens (including phenoxy) is 2. The Balaban J connectivity index is 2.17. The van der Waals surface area contributed by atoms with Crippen LogP contribution in [0.2, 0.25) is 0 Å². The normalized spacial score (nSPS) is 33.8. The van der Waals surface area contributed by atoms with E-state index in [0.29, 0.717) is 0 Å². The van der Waals surface area contributed by atoms with Gasteiger partial charge in [-0.05, 0) is 34.6 Å². The molecule has 2 rings (SSSR count). The summed E-state index contributed by atoms with van der Waals surface area (Å²) in [5.41, 5.74) is -0.289. The standard InChI is InChI=1S/C14H26N2O3/c1-12(2)7-10(19-11(17)15-6)8-13(3,4)16(12)14(5)9-18-14/h10H,7-9H2,1-6H3,(H,15,17). The Morgan fingerprint density at radius 3 is 2.05 bits per heavy atom. The Labute approximate surface area is 115 Å².